The molecule has 2 amide bonds. The summed E-state index contributed by atoms with van der Waals surface area (Å²) in [7, 11) is 0. The van der Waals surface area contributed by atoms with Gasteiger partial charge in [-0.15, -0.1) is 0 Å². The summed E-state index contributed by atoms with van der Waals surface area (Å²) in [6.07, 6.45) is 4.21. The molecule has 1 saturated heterocycles. The van der Waals surface area contributed by atoms with Crippen molar-refractivity contribution in [2.45, 2.75) is 38.1 Å². The molecule has 0 radical (unpaired) electrons. The number of likely N-dealkylation sites (tertiary alicyclic amines) is 1. The number of amides is 2. The van der Waals surface area contributed by atoms with Crippen molar-refractivity contribution in [3.8, 4) is 0 Å². The number of rotatable bonds is 7. The van der Waals surface area contributed by atoms with Crippen molar-refractivity contribution < 1.29 is 19.4 Å². The first-order valence-electron chi connectivity index (χ1n) is 7.01. The van der Waals surface area contributed by atoms with Crippen LogP contribution in [-0.4, -0.2) is 54.4 Å². The van der Waals surface area contributed by atoms with Crippen molar-refractivity contribution in [3.05, 3.63) is 0 Å². The molecule has 2 fully saturated rings. The largest absolute Gasteiger partial charge is 0.481 e. The smallest absolute Gasteiger partial charge is 0.317 e. The van der Waals surface area contributed by atoms with E-state index in [0.717, 1.165) is 25.4 Å². The zero-order valence-corrected chi connectivity index (χ0v) is 11.1. The van der Waals surface area contributed by atoms with Crippen LogP contribution in [-0.2, 0) is 9.53 Å². The predicted molar refractivity (Wildman–Crippen MR) is 68.9 cm³/mol. The van der Waals surface area contributed by atoms with Gasteiger partial charge in [-0.1, -0.05) is 0 Å². The summed E-state index contributed by atoms with van der Waals surface area (Å²) in [6.45, 7) is 2.45. The Hall–Kier alpha value is -1.30. The summed E-state index contributed by atoms with van der Waals surface area (Å²) in [5.41, 5.74) is 0. The number of ether oxygens (including phenoxy) is 1. The van der Waals surface area contributed by atoms with Crippen molar-refractivity contribution in [2.75, 3.05) is 26.3 Å². The molecule has 6 heteroatoms. The highest BCUT2D eigenvalue weighted by Crippen LogP contribution is 2.28. The van der Waals surface area contributed by atoms with Crippen molar-refractivity contribution >= 4 is 12.0 Å². The van der Waals surface area contributed by atoms with Crippen molar-refractivity contribution in [2.24, 2.45) is 5.92 Å². The van der Waals surface area contributed by atoms with Crippen molar-refractivity contribution in [1.29, 1.82) is 0 Å². The van der Waals surface area contributed by atoms with Gasteiger partial charge < -0.3 is 20.1 Å². The number of nitrogens with zero attached hydrogens (tertiary/aromatic N) is 1. The van der Waals surface area contributed by atoms with Crippen LogP contribution in [0.25, 0.3) is 0 Å². The molecular formula is C13H22N2O4. The zero-order chi connectivity index (χ0) is 13.7. The first-order chi connectivity index (χ1) is 9.16. The number of urea groups is 1. The van der Waals surface area contributed by atoms with E-state index in [-0.39, 0.29) is 18.5 Å². The molecule has 1 saturated carbocycles. The molecule has 1 atom stereocenters. The number of aliphatic carboxylic acids is 1. The van der Waals surface area contributed by atoms with Crippen LogP contribution in [0.15, 0.2) is 0 Å². The molecule has 0 aromatic carbocycles. The van der Waals surface area contributed by atoms with E-state index in [4.69, 9.17) is 9.84 Å². The monoisotopic (exact) mass is 270 g/mol. The van der Waals surface area contributed by atoms with Crippen LogP contribution in [0.5, 0.6) is 0 Å². The van der Waals surface area contributed by atoms with Gasteiger partial charge in [-0.2, -0.15) is 0 Å². The van der Waals surface area contributed by atoms with E-state index in [1.165, 1.54) is 12.8 Å². The number of carbonyl (C=O) groups is 2. The average Bonchev–Trinajstić information content (AvgIpc) is 3.07. The van der Waals surface area contributed by atoms with E-state index < -0.39 is 5.97 Å². The summed E-state index contributed by atoms with van der Waals surface area (Å²) in [5, 5.41) is 11.6. The molecule has 1 heterocycles. The van der Waals surface area contributed by atoms with E-state index in [9.17, 15) is 9.59 Å². The van der Waals surface area contributed by atoms with E-state index in [1.807, 2.05) is 0 Å². The van der Waals surface area contributed by atoms with Crippen molar-refractivity contribution in [3.63, 3.8) is 0 Å². The maximum atomic E-state index is 11.9. The van der Waals surface area contributed by atoms with Gasteiger partial charge in [0.15, 0.2) is 0 Å². The second-order valence-corrected chi connectivity index (χ2v) is 5.34. The van der Waals surface area contributed by atoms with Gasteiger partial charge in [-0.05, 0) is 31.6 Å². The standard InChI is InChI=1S/C13H22N2O4/c16-12(17)8-11-2-1-6-15(11)13(18)14-5-7-19-9-10-3-4-10/h10-11H,1-9H2,(H,14,18)(H,16,17). The van der Waals surface area contributed by atoms with Crippen LogP contribution in [0.2, 0.25) is 0 Å². The first kappa shape index (κ1) is 14.1. The molecular weight excluding hydrogens is 248 g/mol. The molecule has 0 spiro atoms. The predicted octanol–water partition coefficient (Wildman–Crippen LogP) is 1.06. The van der Waals surface area contributed by atoms with Gasteiger partial charge in [0.05, 0.1) is 13.0 Å². The Morgan fingerprint density at radius 1 is 1.32 bits per heavy atom. The maximum absolute atomic E-state index is 11.9. The van der Waals surface area contributed by atoms with Gasteiger partial charge in [0.1, 0.15) is 0 Å². The van der Waals surface area contributed by atoms with Crippen LogP contribution in [0.1, 0.15) is 32.1 Å². The summed E-state index contributed by atoms with van der Waals surface area (Å²) in [6, 6.07) is -0.330. The summed E-state index contributed by atoms with van der Waals surface area (Å²) in [5.74, 6) is -0.119. The molecule has 2 rings (SSSR count). The Kier molecular flexibility index (Phi) is 5.01. The number of carboxylic acid groups (broad SMARTS) is 1. The number of nitrogens with one attached hydrogen (secondary N) is 1. The molecule has 0 bridgehead atoms. The molecule has 19 heavy (non-hydrogen) atoms. The second-order valence-electron chi connectivity index (χ2n) is 5.34. The quantitative estimate of drug-likeness (QED) is 0.678. The molecule has 1 aliphatic carbocycles. The molecule has 108 valence electrons. The molecule has 2 N–H and O–H groups in total. The Morgan fingerprint density at radius 3 is 2.79 bits per heavy atom. The molecule has 6 nitrogen and oxygen atoms in total. The molecule has 0 aromatic rings. The number of hydrogen-bond donors (Lipinski definition) is 2. The Balaban J connectivity index is 1.61. The second kappa shape index (κ2) is 6.75. The Morgan fingerprint density at radius 2 is 2.11 bits per heavy atom. The van der Waals surface area contributed by atoms with E-state index in [2.05, 4.69) is 5.32 Å². The minimum atomic E-state index is -0.850. The molecule has 0 aromatic heterocycles. The van der Waals surface area contributed by atoms with Gasteiger partial charge in [0.25, 0.3) is 0 Å². The van der Waals surface area contributed by atoms with Crippen LogP contribution in [0.4, 0.5) is 4.79 Å². The Bertz CT molecular complexity index is 331. The summed E-state index contributed by atoms with van der Waals surface area (Å²) >= 11 is 0. The third-order valence-electron chi connectivity index (χ3n) is 3.62. The normalized spacial score (nSPS) is 22.5. The van der Waals surface area contributed by atoms with E-state index >= 15 is 0 Å². The Labute approximate surface area is 113 Å². The zero-order valence-electron chi connectivity index (χ0n) is 11.1. The van der Waals surface area contributed by atoms with Crippen molar-refractivity contribution in [1.82, 2.24) is 10.2 Å². The minimum absolute atomic E-state index is 0.0333. The fourth-order valence-corrected chi connectivity index (χ4v) is 2.38. The van der Waals surface area contributed by atoms with Crippen LogP contribution < -0.4 is 5.32 Å². The lowest BCUT2D eigenvalue weighted by molar-refractivity contribution is -0.137. The fourth-order valence-electron chi connectivity index (χ4n) is 2.38. The summed E-state index contributed by atoms with van der Waals surface area (Å²) in [4.78, 5) is 24.3. The van der Waals surface area contributed by atoms with Gasteiger partial charge >= 0.3 is 12.0 Å². The highest BCUT2D eigenvalue weighted by atomic mass is 16.5. The highest BCUT2D eigenvalue weighted by Gasteiger charge is 2.30. The highest BCUT2D eigenvalue weighted by molar-refractivity contribution is 5.76. The SMILES string of the molecule is O=C(O)CC1CCCN1C(=O)NCCOCC1CC1. The molecule has 1 unspecified atom stereocenters. The number of hydrogen-bond acceptors (Lipinski definition) is 3. The molecule has 1 aliphatic heterocycles. The lowest BCUT2D eigenvalue weighted by atomic mass is 10.1. The van der Waals surface area contributed by atoms with E-state index in [1.54, 1.807) is 4.90 Å². The first-order valence-corrected chi connectivity index (χ1v) is 7.01. The number of carboxylic acids is 1. The van der Waals surface area contributed by atoms with Gasteiger partial charge in [0, 0.05) is 25.7 Å². The molecule has 2 aliphatic rings. The minimum Gasteiger partial charge on any atom is -0.481 e. The average molecular weight is 270 g/mol. The van der Waals surface area contributed by atoms with Crippen LogP contribution in [0, 0.1) is 5.92 Å². The van der Waals surface area contributed by atoms with Crippen LogP contribution in [0.3, 0.4) is 0 Å². The lowest BCUT2D eigenvalue weighted by Gasteiger charge is -2.23. The lowest BCUT2D eigenvalue weighted by Crippen LogP contribution is -2.44. The van der Waals surface area contributed by atoms with Gasteiger partial charge in [-0.3, -0.25) is 4.79 Å². The van der Waals surface area contributed by atoms with Gasteiger partial charge in [-0.25, -0.2) is 4.79 Å². The third kappa shape index (κ3) is 4.70. The third-order valence-corrected chi connectivity index (χ3v) is 3.62. The van der Waals surface area contributed by atoms with Gasteiger partial charge in [0.2, 0.25) is 0 Å². The summed E-state index contributed by atoms with van der Waals surface area (Å²) < 4.78 is 5.43. The topological polar surface area (TPSA) is 78.9 Å². The van der Waals surface area contributed by atoms with Crippen LogP contribution >= 0.6 is 0 Å². The van der Waals surface area contributed by atoms with E-state index in [0.29, 0.717) is 19.7 Å². The number of carbonyl (C=O) groups excluding carboxylic acids is 1. The maximum Gasteiger partial charge on any atom is 0.317 e. The fraction of sp³-hybridized carbons (Fsp3) is 0.846.